The molecule has 470 valence electrons. The number of H-pyrrole nitrogens is 1. The van der Waals surface area contributed by atoms with Crippen molar-refractivity contribution in [1.82, 2.24) is 31.2 Å². The van der Waals surface area contributed by atoms with Crippen LogP contribution in [-0.4, -0.2) is 150 Å². The van der Waals surface area contributed by atoms with E-state index in [1.807, 2.05) is 75.7 Å². The fourth-order valence-corrected chi connectivity index (χ4v) is 15.9. The van der Waals surface area contributed by atoms with Crippen LogP contribution in [0.5, 0.6) is 11.5 Å². The molecule has 2 bridgehead atoms. The first-order valence-electron chi connectivity index (χ1n) is 30.1. The molecule has 23 nitrogen and oxygen atoms in total. The van der Waals surface area contributed by atoms with Crippen LogP contribution in [0.15, 0.2) is 100 Å². The molecule has 10 N–H and O–H groups in total. The molecule has 5 heterocycles. The van der Waals surface area contributed by atoms with E-state index in [4.69, 9.17) is 4.74 Å². The number of hydrogen-bond acceptors (Lipinski definition) is 14. The number of unbranched alkanes of at least 4 members (excludes halogenated alkanes) is 2. The molecule has 1 spiro atoms. The zero-order chi connectivity index (χ0) is 63.3. The van der Waals surface area contributed by atoms with E-state index < -0.39 is 98.0 Å². The predicted molar refractivity (Wildman–Crippen MR) is 330 cm³/mol. The lowest BCUT2D eigenvalue weighted by molar-refractivity contribution is -0.401. The van der Waals surface area contributed by atoms with Crippen molar-refractivity contribution in [2.45, 2.75) is 129 Å². The van der Waals surface area contributed by atoms with Crippen LogP contribution >= 0.6 is 0 Å². The van der Waals surface area contributed by atoms with Gasteiger partial charge in [0.05, 0.1) is 69.3 Å². The van der Waals surface area contributed by atoms with Gasteiger partial charge in [-0.05, 0) is 130 Å². The minimum atomic E-state index is -4.51. The Hall–Kier alpha value is -7.94. The van der Waals surface area contributed by atoms with E-state index in [0.717, 1.165) is 69.2 Å². The lowest BCUT2D eigenvalue weighted by atomic mass is 9.49. The average Bonchev–Trinajstić information content (AvgIpc) is 1.56. The molecule has 1 aromatic heterocycles. The number of phenolic OH excluding ortho intramolecular Hbond substituents is 1. The smallest absolute Gasteiger partial charge is 0.294 e. The first-order valence-corrected chi connectivity index (χ1v) is 33.0. The molecule has 4 aromatic carbocycles. The third-order valence-electron chi connectivity index (χ3n) is 19.5. The van der Waals surface area contributed by atoms with Crippen LogP contribution in [0.3, 0.4) is 0 Å². The number of benzene rings is 4. The Morgan fingerprint density at radius 3 is 2.11 bits per heavy atom. The number of carbonyl (C=O) groups excluding carboxylic acids is 5. The van der Waals surface area contributed by atoms with Crippen molar-refractivity contribution in [3.05, 3.63) is 124 Å². The van der Waals surface area contributed by atoms with Crippen LogP contribution in [-0.2, 0) is 73.3 Å². The topological polar surface area (TPSA) is 329 Å². The number of fused-ring (bicyclic) bond motifs is 6. The largest absolute Gasteiger partial charge is 0.504 e. The standard InChI is InChI=1S/C64H73N9O14S2/c1-61(2)42-28-38(88(81,82)83)19-21-45(42)71(5)48(61)13-10-14-49-62(3,4)43-29-39(89(84,85)86)20-22-46(43)73(49)25-8-6-7-15-51(75)65-31-52(76)66-32-53(77)67-33-54(78)68-34-55(79)69-44-12-9-11-40-41-30-64(80)50-27-37-18-23-47(74)59-56(37)63(64,24-26-72(50)35-36-16-17-36)60(87-59)58(41)70-57(40)44/h9-14,18-23,28-29,36,50,60,70,80H,6-8,15-17,24-27,30-35H2,1-5H3,(H7-,65,66,67,68,69,74,75,76,77,78,79,81,82,83,84,85,86)/p+1/t50-,60+,63+,64-/m1/s1. The molecule has 4 atom stereocenters. The number of para-hydroxylation sites is 1. The summed E-state index contributed by atoms with van der Waals surface area (Å²) >= 11 is 0. The second-order valence-corrected chi connectivity index (χ2v) is 28.5. The van der Waals surface area contributed by atoms with E-state index >= 15 is 0 Å². The van der Waals surface area contributed by atoms with Crippen molar-refractivity contribution in [3.8, 4) is 11.5 Å². The normalized spacial score (nSPS) is 23.0. The number of aromatic amines is 1. The molecule has 3 aliphatic carbocycles. The SMILES string of the molecule is C[N+]1=C(/C=C/C=C2\N(CCCCCC(=O)NCC(=O)NCC(=O)NCC(=O)NCC(=O)Nc3cccc4c5c([nH]c34)[C@@H]3Oc4c(O)ccc6c4[C@@]34CCN(CC3CC3)[C@H](C6)[C@]4(O)C5)c3ccc(S(=O)(=O)O)cc3C2(C)C)C(C)(C)c2cc(S(=O)(=O)O)ccc21. The maximum atomic E-state index is 13.4. The molecular formula is C64H74N9O14S2+. The van der Waals surface area contributed by atoms with Crippen LogP contribution in [0.4, 0.5) is 17.1 Å². The predicted octanol–water partition coefficient (Wildman–Crippen LogP) is 4.97. The summed E-state index contributed by atoms with van der Waals surface area (Å²) in [5.74, 6) is -1.78. The second kappa shape index (κ2) is 22.5. The molecule has 12 rings (SSSR count). The van der Waals surface area contributed by atoms with E-state index in [9.17, 15) is 60.1 Å². The molecule has 89 heavy (non-hydrogen) atoms. The molecule has 5 aromatic rings. The number of aromatic hydroxyl groups is 1. The molecule has 4 aliphatic heterocycles. The van der Waals surface area contributed by atoms with E-state index in [0.29, 0.717) is 73.5 Å². The monoisotopic (exact) mass is 1260 g/mol. The van der Waals surface area contributed by atoms with Crippen molar-refractivity contribution in [2.75, 3.05) is 63.1 Å². The van der Waals surface area contributed by atoms with Gasteiger partial charge in [-0.3, -0.25) is 38.0 Å². The van der Waals surface area contributed by atoms with Gasteiger partial charge in [0, 0.05) is 77.4 Å². The summed E-state index contributed by atoms with van der Waals surface area (Å²) in [4.78, 5) is 71.9. The van der Waals surface area contributed by atoms with Gasteiger partial charge >= 0.3 is 0 Å². The number of rotatable bonds is 21. The summed E-state index contributed by atoms with van der Waals surface area (Å²) in [6, 6.07) is 18.0. The molecule has 25 heteroatoms. The maximum absolute atomic E-state index is 13.4. The van der Waals surface area contributed by atoms with Crippen molar-refractivity contribution in [1.29, 1.82) is 0 Å². The number of aromatic nitrogens is 1. The van der Waals surface area contributed by atoms with Gasteiger partial charge in [0.15, 0.2) is 23.3 Å². The summed E-state index contributed by atoms with van der Waals surface area (Å²) in [7, 11) is -7.07. The Balaban J connectivity index is 0.587. The molecule has 7 aliphatic rings. The molecule has 5 amide bonds. The van der Waals surface area contributed by atoms with Crippen molar-refractivity contribution >= 4 is 83.4 Å². The second-order valence-electron chi connectivity index (χ2n) is 25.7. The number of ether oxygens (including phenoxy) is 1. The molecule has 0 unspecified atom stereocenters. The fraction of sp³-hybridized carbons (Fsp3) is 0.438. The summed E-state index contributed by atoms with van der Waals surface area (Å²) in [5.41, 5.74) is 6.06. The van der Waals surface area contributed by atoms with E-state index in [-0.39, 0.29) is 33.9 Å². The van der Waals surface area contributed by atoms with Gasteiger partial charge in [-0.15, -0.1) is 0 Å². The number of nitrogens with zero attached hydrogens (tertiary/aromatic N) is 3. The molecule has 2 fully saturated rings. The zero-order valence-corrected chi connectivity index (χ0v) is 51.8. The van der Waals surface area contributed by atoms with Crippen LogP contribution in [0.25, 0.3) is 10.9 Å². The van der Waals surface area contributed by atoms with Crippen LogP contribution < -0.4 is 36.2 Å². The molecular weight excluding hydrogens is 1180 g/mol. The highest BCUT2D eigenvalue weighted by atomic mass is 32.2. The third kappa shape index (κ3) is 10.8. The summed E-state index contributed by atoms with van der Waals surface area (Å²) < 4.78 is 76.8. The lowest BCUT2D eigenvalue weighted by Crippen LogP contribution is -2.74. The third-order valence-corrected chi connectivity index (χ3v) is 21.2. The van der Waals surface area contributed by atoms with Crippen molar-refractivity contribution in [3.63, 3.8) is 0 Å². The van der Waals surface area contributed by atoms with Gasteiger partial charge in [-0.2, -0.15) is 21.4 Å². The van der Waals surface area contributed by atoms with Gasteiger partial charge in [-0.1, -0.05) is 44.5 Å². The van der Waals surface area contributed by atoms with Gasteiger partial charge in [0.1, 0.15) is 7.05 Å². The first-order chi connectivity index (χ1) is 42.1. The number of amides is 5. The Morgan fingerprint density at radius 1 is 0.787 bits per heavy atom. The minimum Gasteiger partial charge on any atom is -0.504 e. The lowest BCUT2D eigenvalue weighted by Gasteiger charge is -2.62. The Kier molecular flexibility index (Phi) is 15.5. The number of nitrogens with one attached hydrogen (secondary N) is 6. The van der Waals surface area contributed by atoms with E-state index in [1.165, 1.54) is 37.1 Å². The Morgan fingerprint density at radius 2 is 1.44 bits per heavy atom. The number of carbonyl (C=O) groups is 5. The maximum Gasteiger partial charge on any atom is 0.294 e. The van der Waals surface area contributed by atoms with Gasteiger partial charge in [0.2, 0.25) is 35.2 Å². The highest BCUT2D eigenvalue weighted by molar-refractivity contribution is 7.86. The number of aliphatic hydroxyl groups is 1. The highest BCUT2D eigenvalue weighted by Crippen LogP contribution is 2.69. The van der Waals surface area contributed by atoms with Crippen LogP contribution in [0.1, 0.15) is 112 Å². The molecule has 1 saturated carbocycles. The van der Waals surface area contributed by atoms with E-state index in [2.05, 4.69) is 41.4 Å². The minimum absolute atomic E-state index is 0.0422. The van der Waals surface area contributed by atoms with Crippen LogP contribution in [0.2, 0.25) is 0 Å². The Labute approximate surface area is 515 Å². The van der Waals surface area contributed by atoms with Crippen LogP contribution in [0, 0.1) is 5.92 Å². The fourth-order valence-electron chi connectivity index (χ4n) is 14.9. The summed E-state index contributed by atoms with van der Waals surface area (Å²) in [6.45, 7) is 8.27. The first kappa shape index (κ1) is 61.3. The molecule has 1 saturated heterocycles. The number of phenols is 1. The summed E-state index contributed by atoms with van der Waals surface area (Å²) in [5, 5.41) is 37.9. The van der Waals surface area contributed by atoms with Gasteiger partial charge in [-0.25, -0.2) is 0 Å². The average molecular weight is 1260 g/mol. The number of hydrogen-bond donors (Lipinski definition) is 10. The number of allylic oxidation sites excluding steroid dienone is 4. The quantitative estimate of drug-likeness (QED) is 0.0263. The summed E-state index contributed by atoms with van der Waals surface area (Å²) in [6.07, 6.45) is 11.0. The highest BCUT2D eigenvalue weighted by Gasteiger charge is 2.73. The molecule has 0 radical (unpaired) electrons. The number of piperidine rings is 1. The number of anilines is 2. The van der Waals surface area contributed by atoms with Gasteiger partial charge in [0.25, 0.3) is 20.2 Å². The number of likely N-dealkylation sites (tertiary alicyclic amines) is 1. The van der Waals surface area contributed by atoms with Crippen molar-refractivity contribution < 1.29 is 69.4 Å². The van der Waals surface area contributed by atoms with Crippen molar-refractivity contribution in [2.24, 2.45) is 5.92 Å². The Bertz CT molecular complexity index is 4170. The van der Waals surface area contributed by atoms with Gasteiger partial charge < -0.3 is 51.4 Å². The zero-order valence-electron chi connectivity index (χ0n) is 50.2. The van der Waals surface area contributed by atoms with E-state index in [1.54, 1.807) is 24.3 Å².